The molecule has 2 heterocycles. The molecule has 8 nitrogen and oxygen atoms in total. The number of Topliss-reactive ketones (excluding diaryl/α,β-unsaturated/α-hetero) is 1. The Morgan fingerprint density at radius 2 is 1.70 bits per heavy atom. The number of H-pyrrole nitrogens is 1. The molecule has 0 spiro atoms. The molecule has 162 valence electrons. The maximum atomic E-state index is 12.8. The molecule has 3 rings (SSSR count). The number of hydrogen-bond acceptors (Lipinski definition) is 6. The van der Waals surface area contributed by atoms with Crippen LogP contribution in [0.4, 0.5) is 0 Å². The summed E-state index contributed by atoms with van der Waals surface area (Å²) < 4.78 is 32.0. The number of carbonyl (C=O) groups excluding carboxylic acids is 2. The molecule has 30 heavy (non-hydrogen) atoms. The number of aromatic amines is 1. The van der Waals surface area contributed by atoms with Crippen LogP contribution >= 0.6 is 0 Å². The van der Waals surface area contributed by atoms with Gasteiger partial charge >= 0.3 is 5.97 Å². The zero-order chi connectivity index (χ0) is 21.9. The van der Waals surface area contributed by atoms with Crippen molar-refractivity contribution in [2.75, 3.05) is 39.3 Å². The Morgan fingerprint density at radius 3 is 2.30 bits per heavy atom. The maximum Gasteiger partial charge on any atom is 0.340 e. The zero-order valence-corrected chi connectivity index (χ0v) is 18.3. The van der Waals surface area contributed by atoms with E-state index in [9.17, 15) is 18.0 Å². The molecule has 1 aliphatic rings. The quantitative estimate of drug-likeness (QED) is 0.530. The summed E-state index contributed by atoms with van der Waals surface area (Å²) in [7, 11) is -3.53. The van der Waals surface area contributed by atoms with Crippen molar-refractivity contribution in [3.8, 4) is 0 Å². The summed E-state index contributed by atoms with van der Waals surface area (Å²) in [5, 5.41) is 0. The van der Waals surface area contributed by atoms with Crippen molar-refractivity contribution < 1.29 is 22.7 Å². The van der Waals surface area contributed by atoms with Gasteiger partial charge in [0.1, 0.15) is 0 Å². The first kappa shape index (κ1) is 22.2. The summed E-state index contributed by atoms with van der Waals surface area (Å²) in [5.74, 6) is -0.576. The Balaban J connectivity index is 1.64. The van der Waals surface area contributed by atoms with Crippen molar-refractivity contribution in [2.45, 2.75) is 25.7 Å². The van der Waals surface area contributed by atoms with Gasteiger partial charge < -0.3 is 9.72 Å². The Bertz CT molecular complexity index is 1020. The highest BCUT2D eigenvalue weighted by molar-refractivity contribution is 7.89. The molecule has 1 N–H and O–H groups in total. The van der Waals surface area contributed by atoms with Crippen LogP contribution in [0.15, 0.2) is 35.2 Å². The van der Waals surface area contributed by atoms with Crippen LogP contribution in [0.3, 0.4) is 0 Å². The first-order valence-electron chi connectivity index (χ1n) is 9.92. The number of piperazine rings is 1. The fourth-order valence-electron chi connectivity index (χ4n) is 3.69. The third-order valence-corrected chi connectivity index (χ3v) is 7.19. The van der Waals surface area contributed by atoms with E-state index in [-0.39, 0.29) is 23.8 Å². The number of esters is 1. The highest BCUT2D eigenvalue weighted by atomic mass is 32.2. The van der Waals surface area contributed by atoms with Gasteiger partial charge in [-0.05, 0) is 38.5 Å². The average Bonchev–Trinajstić information content (AvgIpc) is 3.03. The number of carbonyl (C=O) groups is 2. The SMILES string of the molecule is CCOC(=O)c1c(C)[nH]c(C(=O)CN2CCN(S(=O)(=O)c3ccccc3)CC2)c1C. The molecule has 0 atom stereocenters. The van der Waals surface area contributed by atoms with Crippen LogP contribution in [0, 0.1) is 13.8 Å². The maximum absolute atomic E-state index is 12.8. The molecule has 0 radical (unpaired) electrons. The number of rotatable bonds is 7. The highest BCUT2D eigenvalue weighted by Crippen LogP contribution is 2.21. The molecular weight excluding hydrogens is 406 g/mol. The fraction of sp³-hybridized carbons (Fsp3) is 0.429. The van der Waals surface area contributed by atoms with E-state index in [1.165, 1.54) is 4.31 Å². The number of sulfonamides is 1. The van der Waals surface area contributed by atoms with Crippen molar-refractivity contribution >= 4 is 21.8 Å². The van der Waals surface area contributed by atoms with Crippen LogP contribution in [0.25, 0.3) is 0 Å². The minimum atomic E-state index is -3.53. The molecule has 1 aromatic carbocycles. The van der Waals surface area contributed by atoms with Crippen LogP contribution in [0.2, 0.25) is 0 Å². The smallest absolute Gasteiger partial charge is 0.340 e. The minimum absolute atomic E-state index is 0.134. The summed E-state index contributed by atoms with van der Waals surface area (Å²) in [5.41, 5.74) is 1.99. The van der Waals surface area contributed by atoms with E-state index in [1.807, 2.05) is 4.90 Å². The van der Waals surface area contributed by atoms with Gasteiger partial charge in [0.25, 0.3) is 0 Å². The number of hydrogen-bond donors (Lipinski definition) is 1. The van der Waals surface area contributed by atoms with Crippen LogP contribution < -0.4 is 0 Å². The number of aromatic nitrogens is 1. The van der Waals surface area contributed by atoms with E-state index in [1.54, 1.807) is 51.1 Å². The third-order valence-electron chi connectivity index (χ3n) is 5.28. The summed E-state index contributed by atoms with van der Waals surface area (Å²) in [6, 6.07) is 8.35. The Kier molecular flexibility index (Phi) is 6.74. The van der Waals surface area contributed by atoms with Crippen LogP contribution in [-0.2, 0) is 14.8 Å². The minimum Gasteiger partial charge on any atom is -0.462 e. The fourth-order valence-corrected chi connectivity index (χ4v) is 5.13. The van der Waals surface area contributed by atoms with Gasteiger partial charge in [0.05, 0.1) is 29.3 Å². The first-order valence-corrected chi connectivity index (χ1v) is 11.4. The second-order valence-electron chi connectivity index (χ2n) is 7.26. The van der Waals surface area contributed by atoms with Gasteiger partial charge in [-0.2, -0.15) is 4.31 Å². The third kappa shape index (κ3) is 4.48. The molecule has 0 amide bonds. The molecule has 0 aliphatic carbocycles. The number of ketones is 1. The van der Waals surface area contributed by atoms with Gasteiger partial charge in [0, 0.05) is 31.9 Å². The standard InChI is InChI=1S/C21H27N3O5S/c1-4-29-21(26)19-15(2)20(22-16(19)3)18(25)14-23-10-12-24(13-11-23)30(27,28)17-8-6-5-7-9-17/h5-9,22H,4,10-14H2,1-3H3. The molecule has 1 aromatic heterocycles. The van der Waals surface area contributed by atoms with Crippen LogP contribution in [0.1, 0.15) is 39.0 Å². The second-order valence-corrected chi connectivity index (χ2v) is 9.20. The Hall–Kier alpha value is -2.49. The molecule has 1 aliphatic heterocycles. The van der Waals surface area contributed by atoms with Gasteiger partial charge in [0.15, 0.2) is 5.78 Å². The van der Waals surface area contributed by atoms with Crippen molar-refractivity contribution in [2.24, 2.45) is 0 Å². The molecular formula is C21H27N3O5S. The summed E-state index contributed by atoms with van der Waals surface area (Å²) >= 11 is 0. The Labute approximate surface area is 176 Å². The van der Waals surface area contributed by atoms with Crippen LogP contribution in [-0.4, -0.2) is 73.7 Å². The van der Waals surface area contributed by atoms with Crippen molar-refractivity contribution in [3.05, 3.63) is 52.8 Å². The van der Waals surface area contributed by atoms with E-state index in [0.29, 0.717) is 48.7 Å². The molecule has 1 saturated heterocycles. The average molecular weight is 434 g/mol. The number of ether oxygens (including phenoxy) is 1. The highest BCUT2D eigenvalue weighted by Gasteiger charge is 2.30. The van der Waals surface area contributed by atoms with E-state index < -0.39 is 16.0 Å². The lowest BCUT2D eigenvalue weighted by Gasteiger charge is -2.33. The Morgan fingerprint density at radius 1 is 1.07 bits per heavy atom. The molecule has 0 bridgehead atoms. The molecule has 9 heteroatoms. The van der Waals surface area contributed by atoms with E-state index in [2.05, 4.69) is 4.98 Å². The molecule has 0 saturated carbocycles. The van der Waals surface area contributed by atoms with E-state index in [0.717, 1.165) is 0 Å². The van der Waals surface area contributed by atoms with E-state index in [4.69, 9.17) is 4.74 Å². The van der Waals surface area contributed by atoms with E-state index >= 15 is 0 Å². The molecule has 2 aromatic rings. The number of benzene rings is 1. The van der Waals surface area contributed by atoms with Crippen LogP contribution in [0.5, 0.6) is 0 Å². The van der Waals surface area contributed by atoms with Gasteiger partial charge in [-0.25, -0.2) is 13.2 Å². The van der Waals surface area contributed by atoms with Crippen molar-refractivity contribution in [1.82, 2.24) is 14.2 Å². The first-order chi connectivity index (χ1) is 14.3. The van der Waals surface area contributed by atoms with Crippen molar-refractivity contribution in [3.63, 3.8) is 0 Å². The summed E-state index contributed by atoms with van der Waals surface area (Å²) in [4.78, 5) is 30.2. The largest absolute Gasteiger partial charge is 0.462 e. The lowest BCUT2D eigenvalue weighted by molar-refractivity contribution is 0.0525. The van der Waals surface area contributed by atoms with Crippen molar-refractivity contribution in [1.29, 1.82) is 0 Å². The van der Waals surface area contributed by atoms with Gasteiger partial charge in [-0.1, -0.05) is 18.2 Å². The molecule has 1 fully saturated rings. The van der Waals surface area contributed by atoms with Gasteiger partial charge in [0.2, 0.25) is 10.0 Å². The lowest BCUT2D eigenvalue weighted by Crippen LogP contribution is -2.49. The molecule has 0 unspecified atom stereocenters. The summed E-state index contributed by atoms with van der Waals surface area (Å²) in [6.07, 6.45) is 0. The number of nitrogens with one attached hydrogen (secondary N) is 1. The lowest BCUT2D eigenvalue weighted by atomic mass is 10.1. The second kappa shape index (κ2) is 9.11. The number of aryl methyl sites for hydroxylation is 1. The topological polar surface area (TPSA) is 99.8 Å². The normalized spacial score (nSPS) is 15.8. The predicted octanol–water partition coefficient (Wildman–Crippen LogP) is 2.00. The van der Waals surface area contributed by atoms with Gasteiger partial charge in [-0.3, -0.25) is 9.69 Å². The predicted molar refractivity (Wildman–Crippen MR) is 112 cm³/mol. The number of nitrogens with zero attached hydrogens (tertiary/aromatic N) is 2. The monoisotopic (exact) mass is 433 g/mol. The summed E-state index contributed by atoms with van der Waals surface area (Å²) in [6.45, 7) is 7.19. The zero-order valence-electron chi connectivity index (χ0n) is 17.5. The van der Waals surface area contributed by atoms with Gasteiger partial charge in [-0.15, -0.1) is 0 Å².